The van der Waals surface area contributed by atoms with Crippen molar-refractivity contribution >= 4 is 23.2 Å². The highest BCUT2D eigenvalue weighted by Gasteiger charge is 2.24. The molecule has 3 rings (SSSR count). The van der Waals surface area contributed by atoms with Crippen molar-refractivity contribution in [1.29, 1.82) is 0 Å². The Bertz CT molecular complexity index is 745. The van der Waals surface area contributed by atoms with Gasteiger partial charge >= 0.3 is 0 Å². The van der Waals surface area contributed by atoms with Gasteiger partial charge in [0.2, 0.25) is 0 Å². The van der Waals surface area contributed by atoms with E-state index < -0.39 is 0 Å². The van der Waals surface area contributed by atoms with E-state index in [2.05, 4.69) is 52.8 Å². The topological polar surface area (TPSA) is 56.7 Å². The van der Waals surface area contributed by atoms with Crippen molar-refractivity contribution in [2.45, 2.75) is 26.2 Å². The molecule has 1 atom stereocenters. The lowest BCUT2D eigenvalue weighted by molar-refractivity contribution is 0.0957. The first-order valence-corrected chi connectivity index (χ1v) is 11.0. The Morgan fingerprint density at radius 3 is 2.82 bits per heavy atom. The number of hydrogen-bond donors (Lipinski definition) is 2. The summed E-state index contributed by atoms with van der Waals surface area (Å²) in [6.07, 6.45) is 3.18. The Labute approximate surface area is 171 Å². The van der Waals surface area contributed by atoms with E-state index in [0.29, 0.717) is 19.0 Å². The van der Waals surface area contributed by atoms with Crippen molar-refractivity contribution in [3.8, 4) is 0 Å². The summed E-state index contributed by atoms with van der Waals surface area (Å²) in [5.74, 6) is 1.69. The number of rotatable bonds is 8. The van der Waals surface area contributed by atoms with Gasteiger partial charge in [0.25, 0.3) is 5.91 Å². The number of guanidine groups is 1. The van der Waals surface area contributed by atoms with E-state index in [9.17, 15) is 4.79 Å². The highest BCUT2D eigenvalue weighted by Crippen LogP contribution is 2.20. The van der Waals surface area contributed by atoms with Gasteiger partial charge < -0.3 is 15.5 Å². The summed E-state index contributed by atoms with van der Waals surface area (Å²) in [5, 5.41) is 8.30. The third-order valence-electron chi connectivity index (χ3n) is 4.91. The van der Waals surface area contributed by atoms with Gasteiger partial charge in [-0.25, -0.2) is 0 Å². The van der Waals surface area contributed by atoms with Gasteiger partial charge in [0.1, 0.15) is 0 Å². The second-order valence-electron chi connectivity index (χ2n) is 7.11. The zero-order valence-electron chi connectivity index (χ0n) is 16.6. The van der Waals surface area contributed by atoms with Gasteiger partial charge in [-0.3, -0.25) is 9.79 Å². The molecule has 2 aromatic rings. The largest absolute Gasteiger partial charge is 0.357 e. The summed E-state index contributed by atoms with van der Waals surface area (Å²) in [4.78, 5) is 19.9. The molecule has 2 heterocycles. The van der Waals surface area contributed by atoms with Crippen molar-refractivity contribution in [1.82, 2.24) is 15.5 Å². The van der Waals surface area contributed by atoms with Crippen LogP contribution in [-0.4, -0.2) is 49.5 Å². The van der Waals surface area contributed by atoms with Crippen LogP contribution in [0.5, 0.6) is 0 Å². The van der Waals surface area contributed by atoms with Crippen molar-refractivity contribution in [3.63, 3.8) is 0 Å². The molecule has 1 aliphatic rings. The standard InChI is InChI=1S/C22H30N4OS/c1-2-23-22(25-13-7-12-24-21(27)20-10-6-15-28-20)26-14-11-19(17-26)16-18-8-4-3-5-9-18/h3-6,8-10,15,19H,2,7,11-14,16-17H2,1H3,(H,23,25)(H,24,27). The molecule has 5 nitrogen and oxygen atoms in total. The van der Waals surface area contributed by atoms with Gasteiger partial charge in [0.05, 0.1) is 4.88 Å². The number of hydrogen-bond acceptors (Lipinski definition) is 3. The second-order valence-corrected chi connectivity index (χ2v) is 8.06. The maximum absolute atomic E-state index is 11.9. The average Bonchev–Trinajstić information content (AvgIpc) is 3.40. The molecule has 1 fully saturated rings. The first-order valence-electron chi connectivity index (χ1n) is 10.1. The summed E-state index contributed by atoms with van der Waals surface area (Å²) < 4.78 is 0. The number of aliphatic imine (C=N–C) groups is 1. The van der Waals surface area contributed by atoms with Crippen LogP contribution in [-0.2, 0) is 6.42 Å². The molecular weight excluding hydrogens is 368 g/mol. The fraction of sp³-hybridized carbons (Fsp3) is 0.455. The first kappa shape index (κ1) is 20.4. The molecule has 1 saturated heterocycles. The molecule has 150 valence electrons. The molecule has 1 unspecified atom stereocenters. The van der Waals surface area contributed by atoms with Crippen LogP contribution in [0.25, 0.3) is 0 Å². The Kier molecular flexibility index (Phi) is 7.91. The summed E-state index contributed by atoms with van der Waals surface area (Å²) in [7, 11) is 0. The lowest BCUT2D eigenvalue weighted by Gasteiger charge is -2.21. The number of amides is 1. The van der Waals surface area contributed by atoms with E-state index in [1.54, 1.807) is 0 Å². The lowest BCUT2D eigenvalue weighted by atomic mass is 9.99. The van der Waals surface area contributed by atoms with Gasteiger partial charge in [0.15, 0.2) is 5.96 Å². The molecule has 0 radical (unpaired) electrons. The Morgan fingerprint density at radius 2 is 2.07 bits per heavy atom. The molecule has 1 amide bonds. The third kappa shape index (κ3) is 6.09. The molecule has 1 aromatic carbocycles. The Morgan fingerprint density at radius 1 is 1.21 bits per heavy atom. The van der Waals surface area contributed by atoms with E-state index in [1.165, 1.54) is 23.3 Å². The van der Waals surface area contributed by atoms with E-state index >= 15 is 0 Å². The van der Waals surface area contributed by atoms with Crippen LogP contribution in [0, 0.1) is 5.92 Å². The minimum atomic E-state index is 0.00850. The number of carbonyl (C=O) groups is 1. The minimum absolute atomic E-state index is 0.00850. The van der Waals surface area contributed by atoms with Crippen LogP contribution in [0.4, 0.5) is 0 Å². The van der Waals surface area contributed by atoms with Crippen LogP contribution in [0.1, 0.15) is 35.0 Å². The molecule has 1 aromatic heterocycles. The molecule has 6 heteroatoms. The number of carbonyl (C=O) groups excluding carboxylic acids is 1. The molecule has 1 aliphatic heterocycles. The van der Waals surface area contributed by atoms with Crippen LogP contribution in [0.15, 0.2) is 52.8 Å². The van der Waals surface area contributed by atoms with E-state index in [1.807, 2.05) is 17.5 Å². The quantitative estimate of drug-likeness (QED) is 0.407. The highest BCUT2D eigenvalue weighted by atomic mass is 32.1. The molecule has 0 saturated carbocycles. The summed E-state index contributed by atoms with van der Waals surface area (Å²) in [6, 6.07) is 14.5. The molecular formula is C22H30N4OS. The summed E-state index contributed by atoms with van der Waals surface area (Å²) in [6.45, 7) is 6.44. The SMILES string of the molecule is CCNC(=NCCCNC(=O)c1cccs1)N1CCC(Cc2ccccc2)C1. The zero-order valence-corrected chi connectivity index (χ0v) is 17.4. The number of thiophene rings is 1. The summed E-state index contributed by atoms with van der Waals surface area (Å²) >= 11 is 1.47. The van der Waals surface area contributed by atoms with E-state index in [0.717, 1.165) is 43.3 Å². The zero-order chi connectivity index (χ0) is 19.6. The lowest BCUT2D eigenvalue weighted by Crippen LogP contribution is -2.40. The second kappa shape index (κ2) is 10.9. The number of nitrogens with one attached hydrogen (secondary N) is 2. The van der Waals surface area contributed by atoms with Gasteiger partial charge in [-0.15, -0.1) is 11.3 Å². The van der Waals surface area contributed by atoms with Crippen LogP contribution < -0.4 is 10.6 Å². The van der Waals surface area contributed by atoms with E-state index in [-0.39, 0.29) is 5.91 Å². The van der Waals surface area contributed by atoms with Gasteiger partial charge in [-0.05, 0) is 49.1 Å². The fourth-order valence-electron chi connectivity index (χ4n) is 3.53. The number of likely N-dealkylation sites (tertiary alicyclic amines) is 1. The number of benzene rings is 1. The van der Waals surface area contributed by atoms with Gasteiger partial charge in [-0.1, -0.05) is 36.4 Å². The molecule has 0 spiro atoms. The molecule has 28 heavy (non-hydrogen) atoms. The average molecular weight is 399 g/mol. The Balaban J connectivity index is 1.43. The highest BCUT2D eigenvalue weighted by molar-refractivity contribution is 7.12. The maximum Gasteiger partial charge on any atom is 0.261 e. The van der Waals surface area contributed by atoms with Crippen molar-refractivity contribution in [2.24, 2.45) is 10.9 Å². The predicted octanol–water partition coefficient (Wildman–Crippen LogP) is 3.40. The van der Waals surface area contributed by atoms with Crippen molar-refractivity contribution in [2.75, 3.05) is 32.7 Å². The Hall–Kier alpha value is -2.34. The van der Waals surface area contributed by atoms with Crippen LogP contribution >= 0.6 is 11.3 Å². The van der Waals surface area contributed by atoms with Crippen molar-refractivity contribution in [3.05, 3.63) is 58.3 Å². The van der Waals surface area contributed by atoms with Crippen molar-refractivity contribution < 1.29 is 4.79 Å². The third-order valence-corrected chi connectivity index (χ3v) is 5.78. The normalized spacial score (nSPS) is 17.0. The maximum atomic E-state index is 11.9. The fourth-order valence-corrected chi connectivity index (χ4v) is 4.17. The molecule has 0 aliphatic carbocycles. The predicted molar refractivity (Wildman–Crippen MR) is 117 cm³/mol. The van der Waals surface area contributed by atoms with Gasteiger partial charge in [-0.2, -0.15) is 0 Å². The van der Waals surface area contributed by atoms with Gasteiger partial charge in [0, 0.05) is 32.7 Å². The molecule has 2 N–H and O–H groups in total. The molecule has 0 bridgehead atoms. The van der Waals surface area contributed by atoms with Crippen LogP contribution in [0.3, 0.4) is 0 Å². The summed E-state index contributed by atoms with van der Waals surface area (Å²) in [5.41, 5.74) is 1.41. The smallest absolute Gasteiger partial charge is 0.261 e. The first-order chi connectivity index (χ1) is 13.8. The number of nitrogens with zero attached hydrogens (tertiary/aromatic N) is 2. The monoisotopic (exact) mass is 398 g/mol. The van der Waals surface area contributed by atoms with Crippen LogP contribution in [0.2, 0.25) is 0 Å². The minimum Gasteiger partial charge on any atom is -0.357 e. The van der Waals surface area contributed by atoms with E-state index in [4.69, 9.17) is 4.99 Å².